The molecule has 0 aliphatic carbocycles. The molecule has 88 valence electrons. The number of halogens is 1. The van der Waals surface area contributed by atoms with Crippen molar-refractivity contribution in [1.29, 1.82) is 0 Å². The fourth-order valence-electron chi connectivity index (χ4n) is 2.88. The number of aromatic nitrogens is 1. The Bertz CT molecular complexity index is 741. The first-order chi connectivity index (χ1) is 8.84. The van der Waals surface area contributed by atoms with Crippen LogP contribution in [0.2, 0.25) is 5.02 Å². The number of nitrogens with zero attached hydrogens (tertiary/aromatic N) is 1. The molecule has 3 aromatic rings. The summed E-state index contributed by atoms with van der Waals surface area (Å²) in [5.41, 5.74) is 5.40. The molecule has 2 heterocycles. The van der Waals surface area contributed by atoms with Crippen LogP contribution >= 0.6 is 11.6 Å². The molecule has 0 spiro atoms. The van der Waals surface area contributed by atoms with Crippen molar-refractivity contribution in [3.8, 4) is 11.1 Å². The van der Waals surface area contributed by atoms with Crippen LogP contribution in [0, 0.1) is 0 Å². The molecule has 0 unspecified atom stereocenters. The molecule has 2 aromatic carbocycles. The smallest absolute Gasteiger partial charge is 0.0504 e. The highest BCUT2D eigenvalue weighted by Gasteiger charge is 2.23. The van der Waals surface area contributed by atoms with Crippen molar-refractivity contribution >= 4 is 22.5 Å². The van der Waals surface area contributed by atoms with Crippen LogP contribution < -0.4 is 0 Å². The molecule has 18 heavy (non-hydrogen) atoms. The van der Waals surface area contributed by atoms with Crippen LogP contribution in [0.1, 0.15) is 5.69 Å². The average Bonchev–Trinajstić information content (AvgIpc) is 2.57. The van der Waals surface area contributed by atoms with E-state index in [1.54, 1.807) is 0 Å². The van der Waals surface area contributed by atoms with Gasteiger partial charge in [0.15, 0.2) is 0 Å². The quantitative estimate of drug-likeness (QED) is 0.601. The summed E-state index contributed by atoms with van der Waals surface area (Å²) in [6.07, 6.45) is 1.16. The largest absolute Gasteiger partial charge is 0.343 e. The zero-order valence-corrected chi connectivity index (χ0v) is 10.6. The van der Waals surface area contributed by atoms with Crippen molar-refractivity contribution in [2.24, 2.45) is 0 Å². The minimum absolute atomic E-state index is 0.814. The van der Waals surface area contributed by atoms with E-state index in [1.165, 1.54) is 27.7 Å². The first kappa shape index (κ1) is 10.2. The fraction of sp³-hybridized carbons (Fsp3) is 0.125. The second kappa shape index (κ2) is 3.63. The van der Waals surface area contributed by atoms with Crippen molar-refractivity contribution in [3.05, 3.63) is 59.2 Å². The van der Waals surface area contributed by atoms with Gasteiger partial charge in [0.25, 0.3) is 0 Å². The van der Waals surface area contributed by atoms with E-state index in [2.05, 4.69) is 47.0 Å². The van der Waals surface area contributed by atoms with Crippen molar-refractivity contribution < 1.29 is 0 Å². The van der Waals surface area contributed by atoms with Crippen LogP contribution in [0.4, 0.5) is 0 Å². The Morgan fingerprint density at radius 1 is 1.00 bits per heavy atom. The van der Waals surface area contributed by atoms with Gasteiger partial charge in [-0.25, -0.2) is 0 Å². The molecule has 1 nitrogen and oxygen atoms in total. The van der Waals surface area contributed by atoms with E-state index < -0.39 is 0 Å². The van der Waals surface area contributed by atoms with Crippen LogP contribution in [0.25, 0.3) is 22.0 Å². The van der Waals surface area contributed by atoms with E-state index in [-0.39, 0.29) is 0 Å². The van der Waals surface area contributed by atoms with Crippen molar-refractivity contribution in [3.63, 3.8) is 0 Å². The maximum absolute atomic E-state index is 6.11. The Balaban J connectivity index is 2.10. The average molecular weight is 254 g/mol. The monoisotopic (exact) mass is 253 g/mol. The standard InChI is InChI=1S/C16H12ClN/c17-12-6-7-13-15(10-12)18-9-8-14(18)16(13)11-4-2-1-3-5-11/h1-7,10H,8-9H2. The van der Waals surface area contributed by atoms with Gasteiger partial charge in [0.2, 0.25) is 0 Å². The SMILES string of the molecule is Clc1ccc2c(-c3ccccc3)c3n(c2c1)CC3. The molecular weight excluding hydrogens is 242 g/mol. The van der Waals surface area contributed by atoms with Gasteiger partial charge in [0, 0.05) is 34.6 Å². The molecule has 0 radical (unpaired) electrons. The number of fused-ring (bicyclic) bond motifs is 3. The molecule has 2 heteroatoms. The van der Waals surface area contributed by atoms with E-state index in [4.69, 9.17) is 11.6 Å². The predicted octanol–water partition coefficient (Wildman–Crippen LogP) is 4.52. The van der Waals surface area contributed by atoms with Crippen LogP contribution in [-0.2, 0) is 13.0 Å². The zero-order chi connectivity index (χ0) is 12.1. The maximum Gasteiger partial charge on any atom is 0.0504 e. The molecular formula is C16H12ClN. The highest BCUT2D eigenvalue weighted by atomic mass is 35.5. The van der Waals surface area contributed by atoms with Gasteiger partial charge in [-0.15, -0.1) is 0 Å². The van der Waals surface area contributed by atoms with Gasteiger partial charge in [-0.3, -0.25) is 0 Å². The molecule has 1 aliphatic heterocycles. The van der Waals surface area contributed by atoms with Crippen LogP contribution in [-0.4, -0.2) is 4.57 Å². The maximum atomic E-state index is 6.11. The summed E-state index contributed by atoms with van der Waals surface area (Å²) in [6, 6.07) is 16.8. The number of rotatable bonds is 1. The van der Waals surface area contributed by atoms with Crippen molar-refractivity contribution in [1.82, 2.24) is 4.57 Å². The van der Waals surface area contributed by atoms with Gasteiger partial charge in [-0.2, -0.15) is 0 Å². The molecule has 1 aliphatic rings. The van der Waals surface area contributed by atoms with Gasteiger partial charge in [0.05, 0.1) is 5.52 Å². The van der Waals surface area contributed by atoms with Crippen molar-refractivity contribution in [2.75, 3.05) is 0 Å². The third-order valence-corrected chi connectivity index (χ3v) is 4.00. The summed E-state index contributed by atoms with van der Waals surface area (Å²) < 4.78 is 2.38. The minimum atomic E-state index is 0.814. The molecule has 0 N–H and O–H groups in total. The topological polar surface area (TPSA) is 4.93 Å². The number of aryl methyl sites for hydroxylation is 1. The van der Waals surface area contributed by atoms with E-state index in [9.17, 15) is 0 Å². The molecule has 0 atom stereocenters. The van der Waals surface area contributed by atoms with E-state index in [0.717, 1.165) is 18.0 Å². The third kappa shape index (κ3) is 1.28. The first-order valence-corrected chi connectivity index (χ1v) is 6.58. The van der Waals surface area contributed by atoms with Gasteiger partial charge < -0.3 is 4.57 Å². The summed E-state index contributed by atoms with van der Waals surface area (Å²) >= 11 is 6.11. The fourth-order valence-corrected chi connectivity index (χ4v) is 3.05. The lowest BCUT2D eigenvalue weighted by atomic mass is 9.99. The molecule has 0 amide bonds. The third-order valence-electron chi connectivity index (χ3n) is 3.77. The van der Waals surface area contributed by atoms with Gasteiger partial charge in [-0.05, 0) is 17.7 Å². The molecule has 4 rings (SSSR count). The second-order valence-electron chi connectivity index (χ2n) is 4.75. The Labute approximate surface area is 111 Å². The van der Waals surface area contributed by atoms with Crippen LogP contribution in [0.3, 0.4) is 0 Å². The number of hydrogen-bond donors (Lipinski definition) is 0. The summed E-state index contributed by atoms with van der Waals surface area (Å²) in [5, 5.41) is 2.13. The minimum Gasteiger partial charge on any atom is -0.343 e. The molecule has 0 fully saturated rings. The first-order valence-electron chi connectivity index (χ1n) is 6.20. The Morgan fingerprint density at radius 3 is 2.56 bits per heavy atom. The molecule has 0 saturated carbocycles. The molecule has 1 aromatic heterocycles. The lowest BCUT2D eigenvalue weighted by Gasteiger charge is -2.20. The normalized spacial score (nSPS) is 13.4. The highest BCUT2D eigenvalue weighted by Crippen LogP contribution is 2.40. The predicted molar refractivity (Wildman–Crippen MR) is 76.1 cm³/mol. The summed E-state index contributed by atoms with van der Waals surface area (Å²) in [7, 11) is 0. The number of hydrogen-bond acceptors (Lipinski definition) is 0. The van der Waals surface area contributed by atoms with Gasteiger partial charge >= 0.3 is 0 Å². The zero-order valence-electron chi connectivity index (χ0n) is 9.86. The second-order valence-corrected chi connectivity index (χ2v) is 5.19. The Morgan fingerprint density at radius 2 is 1.83 bits per heavy atom. The van der Waals surface area contributed by atoms with E-state index in [0.29, 0.717) is 0 Å². The van der Waals surface area contributed by atoms with E-state index in [1.807, 2.05) is 6.07 Å². The van der Waals surface area contributed by atoms with Gasteiger partial charge in [0.1, 0.15) is 0 Å². The summed E-state index contributed by atoms with van der Waals surface area (Å²) in [5.74, 6) is 0. The lowest BCUT2D eigenvalue weighted by molar-refractivity contribution is 0.577. The number of benzene rings is 2. The lowest BCUT2D eigenvalue weighted by Crippen LogP contribution is -2.16. The van der Waals surface area contributed by atoms with Gasteiger partial charge in [-0.1, -0.05) is 48.0 Å². The molecule has 0 bridgehead atoms. The van der Waals surface area contributed by atoms with Crippen LogP contribution in [0.15, 0.2) is 48.5 Å². The summed E-state index contributed by atoms with van der Waals surface area (Å²) in [6.45, 7) is 1.11. The molecule has 0 saturated heterocycles. The Kier molecular flexibility index (Phi) is 2.06. The Hall–Kier alpha value is -1.73. The van der Waals surface area contributed by atoms with Crippen LogP contribution in [0.5, 0.6) is 0 Å². The summed E-state index contributed by atoms with van der Waals surface area (Å²) in [4.78, 5) is 0. The van der Waals surface area contributed by atoms with Crippen molar-refractivity contribution in [2.45, 2.75) is 13.0 Å². The van der Waals surface area contributed by atoms with E-state index >= 15 is 0 Å². The highest BCUT2D eigenvalue weighted by molar-refractivity contribution is 6.31.